The lowest BCUT2D eigenvalue weighted by atomic mass is 10.1. The Hall–Kier alpha value is -1.76. The van der Waals surface area contributed by atoms with Gasteiger partial charge >= 0.3 is 0 Å². The van der Waals surface area contributed by atoms with E-state index in [0.717, 1.165) is 5.56 Å². The SMILES string of the molecule is CC(C)CNC(=O)[C@@H](C)N(Cc1cccc(Cl)c1)C(=O)COc1ccc(Cl)cc1Br. The van der Waals surface area contributed by atoms with E-state index in [-0.39, 0.29) is 25.0 Å². The number of rotatable bonds is 9. The van der Waals surface area contributed by atoms with E-state index >= 15 is 0 Å². The van der Waals surface area contributed by atoms with E-state index < -0.39 is 6.04 Å². The summed E-state index contributed by atoms with van der Waals surface area (Å²) in [7, 11) is 0. The highest BCUT2D eigenvalue weighted by atomic mass is 79.9. The minimum Gasteiger partial charge on any atom is -0.483 e. The van der Waals surface area contributed by atoms with E-state index in [1.807, 2.05) is 26.0 Å². The highest BCUT2D eigenvalue weighted by Crippen LogP contribution is 2.28. The maximum Gasteiger partial charge on any atom is 0.261 e. The summed E-state index contributed by atoms with van der Waals surface area (Å²) in [6.07, 6.45) is 0. The van der Waals surface area contributed by atoms with Gasteiger partial charge in [0.05, 0.1) is 4.47 Å². The fourth-order valence-corrected chi connectivity index (χ4v) is 3.69. The third kappa shape index (κ3) is 7.49. The average Bonchev–Trinajstić information content (AvgIpc) is 2.68. The molecular weight excluding hydrogens is 491 g/mol. The van der Waals surface area contributed by atoms with Crippen molar-refractivity contribution in [1.82, 2.24) is 10.2 Å². The molecule has 2 rings (SSSR count). The van der Waals surface area contributed by atoms with Gasteiger partial charge in [-0.15, -0.1) is 0 Å². The van der Waals surface area contributed by atoms with Crippen LogP contribution in [0.4, 0.5) is 0 Å². The van der Waals surface area contributed by atoms with Crippen molar-refractivity contribution < 1.29 is 14.3 Å². The van der Waals surface area contributed by atoms with Gasteiger partial charge < -0.3 is 15.0 Å². The molecule has 8 heteroatoms. The maximum absolute atomic E-state index is 13.0. The lowest BCUT2D eigenvalue weighted by Crippen LogP contribution is -2.49. The van der Waals surface area contributed by atoms with Gasteiger partial charge in [0.25, 0.3) is 5.91 Å². The van der Waals surface area contributed by atoms with Crippen molar-refractivity contribution in [1.29, 1.82) is 0 Å². The highest BCUT2D eigenvalue weighted by Gasteiger charge is 2.26. The Morgan fingerprint density at radius 1 is 1.10 bits per heavy atom. The van der Waals surface area contributed by atoms with Gasteiger partial charge in [0.1, 0.15) is 11.8 Å². The molecule has 0 aliphatic heterocycles. The Morgan fingerprint density at radius 2 is 1.80 bits per heavy atom. The van der Waals surface area contributed by atoms with Crippen LogP contribution in [0, 0.1) is 5.92 Å². The number of benzene rings is 2. The van der Waals surface area contributed by atoms with Crippen LogP contribution in [0.2, 0.25) is 10.0 Å². The van der Waals surface area contributed by atoms with Crippen molar-refractivity contribution in [3.63, 3.8) is 0 Å². The molecule has 0 saturated heterocycles. The summed E-state index contributed by atoms with van der Waals surface area (Å²) in [5, 5.41) is 4.00. The molecule has 30 heavy (non-hydrogen) atoms. The third-order valence-electron chi connectivity index (χ3n) is 4.34. The normalized spacial score (nSPS) is 11.8. The smallest absolute Gasteiger partial charge is 0.261 e. The van der Waals surface area contributed by atoms with Gasteiger partial charge in [-0.05, 0) is 64.7 Å². The van der Waals surface area contributed by atoms with Gasteiger partial charge in [-0.25, -0.2) is 0 Å². The molecule has 0 unspecified atom stereocenters. The quantitative estimate of drug-likeness (QED) is 0.491. The van der Waals surface area contributed by atoms with Crippen molar-refractivity contribution in [2.45, 2.75) is 33.4 Å². The van der Waals surface area contributed by atoms with E-state index in [9.17, 15) is 9.59 Å². The molecule has 0 aliphatic carbocycles. The van der Waals surface area contributed by atoms with Crippen molar-refractivity contribution >= 4 is 50.9 Å². The highest BCUT2D eigenvalue weighted by molar-refractivity contribution is 9.10. The third-order valence-corrected chi connectivity index (χ3v) is 5.43. The molecule has 0 saturated carbocycles. The zero-order valence-corrected chi connectivity index (χ0v) is 20.2. The average molecular weight is 516 g/mol. The summed E-state index contributed by atoms with van der Waals surface area (Å²) in [4.78, 5) is 27.1. The predicted molar refractivity (Wildman–Crippen MR) is 124 cm³/mol. The van der Waals surface area contributed by atoms with Gasteiger partial charge in [-0.3, -0.25) is 9.59 Å². The summed E-state index contributed by atoms with van der Waals surface area (Å²) < 4.78 is 6.31. The zero-order chi connectivity index (χ0) is 22.3. The summed E-state index contributed by atoms with van der Waals surface area (Å²) >= 11 is 15.4. The number of hydrogen-bond acceptors (Lipinski definition) is 3. The van der Waals surface area contributed by atoms with Crippen LogP contribution in [0.15, 0.2) is 46.9 Å². The molecule has 0 aliphatic rings. The van der Waals surface area contributed by atoms with Gasteiger partial charge in [-0.2, -0.15) is 0 Å². The molecule has 1 N–H and O–H groups in total. The second-order valence-corrected chi connectivity index (χ2v) is 9.06. The largest absolute Gasteiger partial charge is 0.483 e. The van der Waals surface area contributed by atoms with Crippen LogP contribution in [-0.2, 0) is 16.1 Å². The molecule has 2 aromatic rings. The van der Waals surface area contributed by atoms with Crippen LogP contribution in [0.1, 0.15) is 26.3 Å². The maximum atomic E-state index is 13.0. The standard InChI is InChI=1S/C22H25BrCl2N2O3/c1-14(2)11-26-22(29)15(3)27(12-16-5-4-6-17(24)9-16)21(28)13-30-20-8-7-18(25)10-19(20)23/h4-10,14-15H,11-13H2,1-3H3,(H,26,29)/t15-/m1/s1. The minimum absolute atomic E-state index is 0.216. The van der Waals surface area contributed by atoms with Gasteiger partial charge in [-0.1, -0.05) is 49.2 Å². The van der Waals surface area contributed by atoms with Crippen LogP contribution in [0.3, 0.4) is 0 Å². The number of carbonyl (C=O) groups excluding carboxylic acids is 2. The minimum atomic E-state index is -0.674. The summed E-state index contributed by atoms with van der Waals surface area (Å²) in [6, 6.07) is 11.6. The molecule has 162 valence electrons. The van der Waals surface area contributed by atoms with Crippen LogP contribution < -0.4 is 10.1 Å². The first-order valence-electron chi connectivity index (χ1n) is 9.57. The molecule has 0 fully saturated rings. The number of amides is 2. The molecular formula is C22H25BrCl2N2O3. The first-order valence-corrected chi connectivity index (χ1v) is 11.1. The first-order chi connectivity index (χ1) is 14.2. The number of carbonyl (C=O) groups is 2. The fraction of sp³-hybridized carbons (Fsp3) is 0.364. The van der Waals surface area contributed by atoms with Crippen LogP contribution in [-0.4, -0.2) is 35.9 Å². The second-order valence-electron chi connectivity index (χ2n) is 7.33. The molecule has 5 nitrogen and oxygen atoms in total. The Bertz CT molecular complexity index is 892. The monoisotopic (exact) mass is 514 g/mol. The number of nitrogens with zero attached hydrogens (tertiary/aromatic N) is 1. The van der Waals surface area contributed by atoms with E-state index in [2.05, 4.69) is 21.2 Å². The fourth-order valence-electron chi connectivity index (χ4n) is 2.68. The van der Waals surface area contributed by atoms with Gasteiger partial charge in [0, 0.05) is 23.1 Å². The van der Waals surface area contributed by atoms with E-state index in [1.54, 1.807) is 37.3 Å². The molecule has 2 amide bonds. The Labute approximate surface area is 195 Å². The van der Waals surface area contributed by atoms with Crippen LogP contribution in [0.5, 0.6) is 5.75 Å². The molecule has 0 heterocycles. The van der Waals surface area contributed by atoms with Gasteiger partial charge in [0.2, 0.25) is 5.91 Å². The molecule has 0 bridgehead atoms. The van der Waals surface area contributed by atoms with E-state index in [4.69, 9.17) is 27.9 Å². The number of nitrogens with one attached hydrogen (secondary N) is 1. The van der Waals surface area contributed by atoms with Gasteiger partial charge in [0.15, 0.2) is 6.61 Å². The molecule has 0 aromatic heterocycles. The lowest BCUT2D eigenvalue weighted by Gasteiger charge is -2.29. The number of hydrogen-bond donors (Lipinski definition) is 1. The Balaban J connectivity index is 2.15. The van der Waals surface area contributed by atoms with Crippen molar-refractivity contribution in [3.05, 3.63) is 62.5 Å². The van der Waals surface area contributed by atoms with Crippen LogP contribution in [0.25, 0.3) is 0 Å². The Kier molecular flexibility index (Phi) is 9.46. The van der Waals surface area contributed by atoms with E-state index in [1.165, 1.54) is 4.90 Å². The molecule has 0 radical (unpaired) electrons. The number of ether oxygens (including phenoxy) is 1. The van der Waals surface area contributed by atoms with E-state index in [0.29, 0.717) is 32.7 Å². The summed E-state index contributed by atoms with van der Waals surface area (Å²) in [5.74, 6) is 0.270. The summed E-state index contributed by atoms with van der Waals surface area (Å²) in [6.45, 7) is 6.28. The first kappa shape index (κ1) is 24.5. The lowest BCUT2D eigenvalue weighted by molar-refractivity contribution is -0.142. The molecule has 1 atom stereocenters. The predicted octanol–water partition coefficient (Wildman–Crippen LogP) is 5.32. The second kappa shape index (κ2) is 11.6. The van der Waals surface area contributed by atoms with Crippen molar-refractivity contribution in [3.8, 4) is 5.75 Å². The Morgan fingerprint density at radius 3 is 2.43 bits per heavy atom. The van der Waals surface area contributed by atoms with Crippen molar-refractivity contribution in [2.75, 3.05) is 13.2 Å². The summed E-state index contributed by atoms with van der Waals surface area (Å²) in [5.41, 5.74) is 0.826. The number of halogens is 3. The zero-order valence-electron chi connectivity index (χ0n) is 17.1. The van der Waals surface area contributed by atoms with Crippen LogP contribution >= 0.6 is 39.1 Å². The van der Waals surface area contributed by atoms with Crippen molar-refractivity contribution in [2.24, 2.45) is 5.92 Å². The topological polar surface area (TPSA) is 58.6 Å². The molecule has 2 aromatic carbocycles. The molecule has 0 spiro atoms.